The molecule has 7 heteroatoms. The Bertz CT molecular complexity index is 1100. The lowest BCUT2D eigenvalue weighted by molar-refractivity contribution is -0.137. The van der Waals surface area contributed by atoms with E-state index < -0.39 is 11.7 Å². The molecular formula is C26H24Cl2F3NO. The highest BCUT2D eigenvalue weighted by Crippen LogP contribution is 2.38. The van der Waals surface area contributed by atoms with Crippen molar-refractivity contribution < 1.29 is 17.9 Å². The van der Waals surface area contributed by atoms with E-state index in [-0.39, 0.29) is 12.0 Å². The summed E-state index contributed by atoms with van der Waals surface area (Å²) in [6.07, 6.45) is -2.68. The van der Waals surface area contributed by atoms with Gasteiger partial charge in [-0.3, -0.25) is 0 Å². The van der Waals surface area contributed by atoms with Gasteiger partial charge in [0.05, 0.1) is 18.8 Å². The van der Waals surface area contributed by atoms with Crippen LogP contribution in [0.5, 0.6) is 0 Å². The molecule has 1 fully saturated rings. The van der Waals surface area contributed by atoms with Gasteiger partial charge in [0.1, 0.15) is 0 Å². The van der Waals surface area contributed by atoms with Crippen molar-refractivity contribution in [1.29, 1.82) is 0 Å². The molecule has 1 heterocycles. The summed E-state index contributed by atoms with van der Waals surface area (Å²) in [5.74, 6) is 0. The fourth-order valence-electron chi connectivity index (χ4n) is 4.39. The normalized spacial score (nSPS) is 16.0. The molecule has 3 aromatic carbocycles. The van der Waals surface area contributed by atoms with Gasteiger partial charge < -0.3 is 10.1 Å². The fraction of sp³-hybridized carbons (Fsp3) is 0.308. The molecule has 0 spiro atoms. The van der Waals surface area contributed by atoms with Crippen molar-refractivity contribution in [2.24, 2.45) is 0 Å². The average molecular weight is 494 g/mol. The van der Waals surface area contributed by atoms with Gasteiger partial charge in [0.25, 0.3) is 0 Å². The van der Waals surface area contributed by atoms with Crippen molar-refractivity contribution in [1.82, 2.24) is 5.32 Å². The minimum Gasteiger partial charge on any atom is -0.376 e. The summed E-state index contributed by atoms with van der Waals surface area (Å²) in [6.45, 7) is 2.25. The largest absolute Gasteiger partial charge is 0.416 e. The number of ether oxygens (including phenoxy) is 1. The molecule has 0 atom stereocenters. The van der Waals surface area contributed by atoms with E-state index in [4.69, 9.17) is 27.9 Å². The minimum absolute atomic E-state index is 0.0666. The number of nitrogens with one attached hydrogen (secondary N) is 1. The molecule has 0 aromatic heterocycles. The summed E-state index contributed by atoms with van der Waals surface area (Å²) < 4.78 is 47.0. The standard InChI is InChI=1S/C26H24Cl2F3NO/c27-22-6-7-24(28)23(15-22)19-12-18(13-21(14-19)26(29,30)31)16-33-17-25(8-10-32-11-9-25)20-4-2-1-3-5-20/h1-7,12-15,32H,8-11,16-17H2. The van der Waals surface area contributed by atoms with Gasteiger partial charge >= 0.3 is 6.18 Å². The van der Waals surface area contributed by atoms with Gasteiger partial charge in [0.15, 0.2) is 0 Å². The highest BCUT2D eigenvalue weighted by molar-refractivity contribution is 6.35. The second-order valence-corrected chi connectivity index (χ2v) is 9.27. The Hall–Kier alpha value is -2.05. The van der Waals surface area contributed by atoms with E-state index in [9.17, 15) is 13.2 Å². The van der Waals surface area contributed by atoms with E-state index in [0.29, 0.717) is 33.3 Å². The number of hydrogen-bond donors (Lipinski definition) is 1. The third-order valence-electron chi connectivity index (χ3n) is 6.15. The summed E-state index contributed by atoms with van der Waals surface area (Å²) in [5, 5.41) is 4.11. The third-order valence-corrected chi connectivity index (χ3v) is 6.72. The SMILES string of the molecule is FC(F)(F)c1cc(COCC2(c3ccccc3)CCNCC2)cc(-c2cc(Cl)ccc2Cl)c1. The molecule has 2 nitrogen and oxygen atoms in total. The smallest absolute Gasteiger partial charge is 0.376 e. The van der Waals surface area contributed by atoms with Gasteiger partial charge in [0.2, 0.25) is 0 Å². The maximum atomic E-state index is 13.6. The van der Waals surface area contributed by atoms with Crippen molar-refractivity contribution in [3.05, 3.63) is 93.5 Å². The Labute approximate surface area is 201 Å². The molecule has 174 valence electrons. The maximum Gasteiger partial charge on any atom is 0.416 e. The second-order valence-electron chi connectivity index (χ2n) is 8.43. The first-order valence-electron chi connectivity index (χ1n) is 10.8. The number of rotatable bonds is 6. The van der Waals surface area contributed by atoms with Gasteiger partial charge in [-0.1, -0.05) is 53.5 Å². The van der Waals surface area contributed by atoms with Crippen LogP contribution >= 0.6 is 23.2 Å². The van der Waals surface area contributed by atoms with Crippen molar-refractivity contribution in [2.75, 3.05) is 19.7 Å². The zero-order valence-corrected chi connectivity index (χ0v) is 19.4. The fourth-order valence-corrected chi connectivity index (χ4v) is 4.79. The van der Waals surface area contributed by atoms with Crippen LogP contribution in [0.1, 0.15) is 29.5 Å². The maximum absolute atomic E-state index is 13.6. The first-order valence-corrected chi connectivity index (χ1v) is 11.5. The van der Waals surface area contributed by atoms with Gasteiger partial charge in [0, 0.05) is 21.0 Å². The molecule has 1 aliphatic heterocycles. The molecule has 4 rings (SSSR count). The Morgan fingerprint density at radius 2 is 1.64 bits per heavy atom. The van der Waals surface area contributed by atoms with E-state index in [0.717, 1.165) is 38.1 Å². The number of piperidine rings is 1. The van der Waals surface area contributed by atoms with Gasteiger partial charge in [-0.15, -0.1) is 0 Å². The van der Waals surface area contributed by atoms with Crippen LogP contribution in [0.15, 0.2) is 66.7 Å². The number of benzene rings is 3. The highest BCUT2D eigenvalue weighted by atomic mass is 35.5. The average Bonchev–Trinajstić information content (AvgIpc) is 2.81. The summed E-state index contributed by atoms with van der Waals surface area (Å²) in [4.78, 5) is 0. The monoisotopic (exact) mass is 493 g/mol. The molecule has 0 amide bonds. The molecule has 1 aliphatic rings. The minimum atomic E-state index is -4.49. The second kappa shape index (κ2) is 10.1. The van der Waals surface area contributed by atoms with Crippen molar-refractivity contribution in [3.8, 4) is 11.1 Å². The molecular weight excluding hydrogens is 470 g/mol. The number of alkyl halides is 3. The summed E-state index contributed by atoms with van der Waals surface area (Å²) >= 11 is 12.3. The lowest BCUT2D eigenvalue weighted by Crippen LogP contribution is -2.43. The zero-order chi connectivity index (χ0) is 23.5. The van der Waals surface area contributed by atoms with Gasteiger partial charge in [-0.25, -0.2) is 0 Å². The molecule has 0 radical (unpaired) electrons. The van der Waals surface area contributed by atoms with Crippen molar-refractivity contribution in [3.63, 3.8) is 0 Å². The lowest BCUT2D eigenvalue weighted by Gasteiger charge is -2.38. The molecule has 0 unspecified atom stereocenters. The van der Waals surface area contributed by atoms with Crippen LogP contribution in [0.4, 0.5) is 13.2 Å². The Morgan fingerprint density at radius 3 is 2.33 bits per heavy atom. The van der Waals surface area contributed by atoms with Crippen LogP contribution in [0.25, 0.3) is 11.1 Å². The van der Waals surface area contributed by atoms with Crippen LogP contribution < -0.4 is 5.32 Å². The summed E-state index contributed by atoms with van der Waals surface area (Å²) in [7, 11) is 0. The highest BCUT2D eigenvalue weighted by Gasteiger charge is 2.34. The molecule has 1 N–H and O–H groups in total. The summed E-state index contributed by atoms with van der Waals surface area (Å²) in [6, 6.07) is 18.9. The molecule has 0 saturated carbocycles. The molecule has 0 bridgehead atoms. The van der Waals surface area contributed by atoms with Crippen LogP contribution in [-0.4, -0.2) is 19.7 Å². The molecule has 1 saturated heterocycles. The van der Waals surface area contributed by atoms with Crippen molar-refractivity contribution in [2.45, 2.75) is 31.0 Å². The zero-order valence-electron chi connectivity index (χ0n) is 17.9. The van der Waals surface area contributed by atoms with E-state index in [1.54, 1.807) is 24.3 Å². The van der Waals surface area contributed by atoms with Gasteiger partial charge in [-0.2, -0.15) is 13.2 Å². The van der Waals surface area contributed by atoms with Crippen LogP contribution in [0.2, 0.25) is 10.0 Å². The number of hydrogen-bond acceptors (Lipinski definition) is 2. The summed E-state index contributed by atoms with van der Waals surface area (Å²) in [5.41, 5.74) is 1.54. The van der Waals surface area contributed by atoms with E-state index in [1.165, 1.54) is 5.56 Å². The van der Waals surface area contributed by atoms with Crippen LogP contribution in [-0.2, 0) is 22.9 Å². The topological polar surface area (TPSA) is 21.3 Å². The predicted octanol–water partition coefficient (Wildman–Crippen LogP) is 7.52. The quantitative estimate of drug-likeness (QED) is 0.383. The predicted molar refractivity (Wildman–Crippen MR) is 127 cm³/mol. The Kier molecular flexibility index (Phi) is 7.34. The van der Waals surface area contributed by atoms with Gasteiger partial charge in [-0.05, 0) is 79.0 Å². The molecule has 0 aliphatic carbocycles. The molecule has 33 heavy (non-hydrogen) atoms. The first-order chi connectivity index (χ1) is 15.8. The molecule has 3 aromatic rings. The Balaban J connectivity index is 1.60. The van der Waals surface area contributed by atoms with E-state index in [1.807, 2.05) is 18.2 Å². The van der Waals surface area contributed by atoms with E-state index >= 15 is 0 Å². The van der Waals surface area contributed by atoms with E-state index in [2.05, 4.69) is 17.4 Å². The van der Waals surface area contributed by atoms with Crippen molar-refractivity contribution >= 4 is 23.2 Å². The number of halogens is 5. The van der Waals surface area contributed by atoms with Crippen LogP contribution in [0.3, 0.4) is 0 Å². The lowest BCUT2D eigenvalue weighted by atomic mass is 9.74. The Morgan fingerprint density at radius 1 is 0.909 bits per heavy atom. The third kappa shape index (κ3) is 5.72. The first kappa shape index (κ1) is 24.1. The van der Waals surface area contributed by atoms with Crippen LogP contribution in [0, 0.1) is 0 Å².